The van der Waals surface area contributed by atoms with Gasteiger partial charge in [-0.3, -0.25) is 4.79 Å². The molecule has 1 aliphatic rings. The summed E-state index contributed by atoms with van der Waals surface area (Å²) in [4.78, 5) is 12.6. The summed E-state index contributed by atoms with van der Waals surface area (Å²) in [5.41, 5.74) is 0.695. The summed E-state index contributed by atoms with van der Waals surface area (Å²) >= 11 is 0. The van der Waals surface area contributed by atoms with Gasteiger partial charge in [-0.05, 0) is 32.8 Å². The van der Waals surface area contributed by atoms with E-state index >= 15 is 0 Å². The molecule has 0 spiro atoms. The third-order valence-corrected chi connectivity index (χ3v) is 6.84. The van der Waals surface area contributed by atoms with Gasteiger partial charge in [0, 0.05) is 25.2 Å². The van der Waals surface area contributed by atoms with Gasteiger partial charge in [0.1, 0.15) is 16.4 Å². The van der Waals surface area contributed by atoms with Gasteiger partial charge >= 0.3 is 0 Å². The van der Waals surface area contributed by atoms with Crippen LogP contribution in [0.1, 0.15) is 29.9 Å². The molecule has 1 fully saturated rings. The number of nitrogens with zero attached hydrogens (tertiary/aromatic N) is 2. The molecule has 0 bridgehead atoms. The lowest BCUT2D eigenvalue weighted by Crippen LogP contribution is -2.45. The van der Waals surface area contributed by atoms with E-state index < -0.39 is 15.9 Å². The number of hydrogen-bond donors (Lipinski definition) is 1. The molecule has 2 heterocycles. The number of amides is 1. The lowest BCUT2D eigenvalue weighted by atomic mass is 9.98. The molecule has 1 saturated heterocycles. The lowest BCUT2D eigenvalue weighted by Gasteiger charge is -2.31. The largest absolute Gasteiger partial charge is 0.360 e. The zero-order chi connectivity index (χ0) is 19.6. The first-order valence-corrected chi connectivity index (χ1v) is 10.2. The maximum absolute atomic E-state index is 13.7. The number of benzene rings is 1. The van der Waals surface area contributed by atoms with Gasteiger partial charge in [0.15, 0.2) is 5.76 Å². The van der Waals surface area contributed by atoms with Crippen molar-refractivity contribution in [3.05, 3.63) is 47.1 Å². The first-order chi connectivity index (χ1) is 12.8. The number of halogens is 1. The van der Waals surface area contributed by atoms with Gasteiger partial charge in [-0.2, -0.15) is 4.31 Å². The van der Waals surface area contributed by atoms with Crippen LogP contribution < -0.4 is 5.32 Å². The number of sulfonamides is 1. The maximum atomic E-state index is 13.7. The number of hydrogen-bond acceptors (Lipinski definition) is 5. The van der Waals surface area contributed by atoms with E-state index in [4.69, 9.17) is 4.52 Å². The van der Waals surface area contributed by atoms with Crippen LogP contribution in [0.3, 0.4) is 0 Å². The molecule has 1 aliphatic heterocycles. The molecule has 9 heteroatoms. The highest BCUT2D eigenvalue weighted by Crippen LogP contribution is 2.27. The Bertz CT molecular complexity index is 922. The number of piperidine rings is 1. The van der Waals surface area contributed by atoms with Crippen LogP contribution in [0.15, 0.2) is 33.7 Å². The van der Waals surface area contributed by atoms with Crippen LogP contribution in [0.2, 0.25) is 0 Å². The molecule has 2 aromatic rings. The molecule has 0 radical (unpaired) electrons. The summed E-state index contributed by atoms with van der Waals surface area (Å²) in [5.74, 6) is -0.916. The second kappa shape index (κ2) is 7.77. The quantitative estimate of drug-likeness (QED) is 0.837. The minimum absolute atomic E-state index is 0.0647. The van der Waals surface area contributed by atoms with Crippen molar-refractivity contribution < 1.29 is 22.1 Å². The third kappa shape index (κ3) is 4.03. The molecule has 1 aromatic carbocycles. The van der Waals surface area contributed by atoms with Crippen molar-refractivity contribution in [3.8, 4) is 0 Å². The molecule has 146 valence electrons. The first kappa shape index (κ1) is 19.5. The fourth-order valence-corrected chi connectivity index (χ4v) is 5.13. The highest BCUT2D eigenvalue weighted by atomic mass is 32.2. The van der Waals surface area contributed by atoms with E-state index in [1.165, 1.54) is 10.4 Å². The van der Waals surface area contributed by atoms with Crippen molar-refractivity contribution in [3.63, 3.8) is 0 Å². The van der Waals surface area contributed by atoms with Gasteiger partial charge < -0.3 is 9.84 Å². The molecule has 3 rings (SSSR count). The lowest BCUT2D eigenvalue weighted by molar-refractivity contribution is -0.126. The predicted molar refractivity (Wildman–Crippen MR) is 95.7 cm³/mol. The van der Waals surface area contributed by atoms with E-state index in [0.717, 1.165) is 0 Å². The molecule has 1 N–H and O–H groups in total. The van der Waals surface area contributed by atoms with E-state index in [1.54, 1.807) is 32.0 Å². The van der Waals surface area contributed by atoms with Crippen LogP contribution in [-0.2, 0) is 21.4 Å². The van der Waals surface area contributed by atoms with Crippen LogP contribution in [0.5, 0.6) is 0 Å². The summed E-state index contributed by atoms with van der Waals surface area (Å²) in [6.45, 7) is 3.61. The molecule has 1 aromatic heterocycles. The van der Waals surface area contributed by atoms with Crippen LogP contribution in [-0.4, -0.2) is 36.9 Å². The third-order valence-electron chi connectivity index (χ3n) is 4.73. The summed E-state index contributed by atoms with van der Waals surface area (Å²) in [5, 5.41) is 6.41. The number of aryl methyl sites for hydroxylation is 2. The van der Waals surface area contributed by atoms with E-state index in [0.29, 0.717) is 30.6 Å². The van der Waals surface area contributed by atoms with Gasteiger partial charge in [-0.1, -0.05) is 23.4 Å². The van der Waals surface area contributed by atoms with Crippen molar-refractivity contribution in [2.24, 2.45) is 5.92 Å². The minimum Gasteiger partial charge on any atom is -0.360 e. The molecule has 7 nitrogen and oxygen atoms in total. The van der Waals surface area contributed by atoms with Crippen molar-refractivity contribution in [1.82, 2.24) is 14.8 Å². The second-order valence-electron chi connectivity index (χ2n) is 6.66. The highest BCUT2D eigenvalue weighted by Gasteiger charge is 2.36. The smallest absolute Gasteiger partial charge is 0.248 e. The van der Waals surface area contributed by atoms with Gasteiger partial charge in [-0.25, -0.2) is 12.8 Å². The van der Waals surface area contributed by atoms with Crippen LogP contribution in [0.25, 0.3) is 0 Å². The number of carbonyl (C=O) groups is 1. The Morgan fingerprint density at radius 3 is 2.78 bits per heavy atom. The van der Waals surface area contributed by atoms with Crippen molar-refractivity contribution in [1.29, 1.82) is 0 Å². The van der Waals surface area contributed by atoms with Gasteiger partial charge in [0.25, 0.3) is 0 Å². The zero-order valence-electron chi connectivity index (χ0n) is 15.2. The number of aromatic nitrogens is 1. The van der Waals surface area contributed by atoms with Gasteiger partial charge in [0.05, 0.1) is 5.92 Å². The fourth-order valence-electron chi connectivity index (χ4n) is 3.32. The van der Waals surface area contributed by atoms with Crippen LogP contribution >= 0.6 is 0 Å². The summed E-state index contributed by atoms with van der Waals surface area (Å²) in [6.07, 6.45) is 1.15. The van der Waals surface area contributed by atoms with Gasteiger partial charge in [0.2, 0.25) is 15.9 Å². The number of carbonyl (C=O) groups excluding carboxylic acids is 1. The molecule has 1 amide bonds. The normalized spacial score (nSPS) is 18.4. The average Bonchev–Trinajstić information content (AvgIpc) is 3.00. The molecular formula is C18H22FN3O4S. The predicted octanol–water partition coefficient (Wildman–Crippen LogP) is 2.15. The zero-order valence-corrected chi connectivity index (χ0v) is 16.1. The second-order valence-corrected chi connectivity index (χ2v) is 8.54. The fraction of sp³-hybridized carbons (Fsp3) is 0.444. The SMILES string of the molecule is Cc1noc(C)c1S(=O)(=O)N1CCC[C@@H](C(=O)NCc2ccccc2F)C1. The highest BCUT2D eigenvalue weighted by molar-refractivity contribution is 7.89. The molecular weight excluding hydrogens is 373 g/mol. The Kier molecular flexibility index (Phi) is 5.61. The van der Waals surface area contributed by atoms with Crippen LogP contribution in [0.4, 0.5) is 4.39 Å². The Balaban J connectivity index is 1.69. The number of rotatable bonds is 5. The summed E-state index contributed by atoms with van der Waals surface area (Å²) < 4.78 is 45.8. The average molecular weight is 395 g/mol. The molecule has 0 saturated carbocycles. The first-order valence-electron chi connectivity index (χ1n) is 8.75. The van der Waals surface area contributed by atoms with Crippen molar-refractivity contribution in [2.45, 2.75) is 38.1 Å². The van der Waals surface area contributed by atoms with E-state index in [-0.39, 0.29) is 35.5 Å². The molecule has 0 aliphatic carbocycles. The molecule has 27 heavy (non-hydrogen) atoms. The van der Waals surface area contributed by atoms with Crippen molar-refractivity contribution >= 4 is 15.9 Å². The summed E-state index contributed by atoms with van der Waals surface area (Å²) in [6, 6.07) is 6.22. The minimum atomic E-state index is -3.78. The van der Waals surface area contributed by atoms with Crippen LogP contribution in [0, 0.1) is 25.6 Å². The van der Waals surface area contributed by atoms with E-state index in [9.17, 15) is 17.6 Å². The van der Waals surface area contributed by atoms with Crippen molar-refractivity contribution in [2.75, 3.05) is 13.1 Å². The summed E-state index contributed by atoms with van der Waals surface area (Å²) in [7, 11) is -3.78. The standard InChI is InChI=1S/C18H22FN3O4S/c1-12-17(13(2)26-21-12)27(24,25)22-9-5-7-15(11-22)18(23)20-10-14-6-3-4-8-16(14)19/h3-4,6,8,15H,5,7,9-11H2,1-2H3,(H,20,23)/t15-/m1/s1. The Hall–Kier alpha value is -2.26. The monoisotopic (exact) mass is 395 g/mol. The molecule has 1 atom stereocenters. The van der Waals surface area contributed by atoms with E-state index in [1.807, 2.05) is 0 Å². The Morgan fingerprint density at radius 2 is 2.11 bits per heavy atom. The maximum Gasteiger partial charge on any atom is 0.248 e. The number of nitrogens with one attached hydrogen (secondary N) is 1. The topological polar surface area (TPSA) is 92.5 Å². The molecule has 0 unspecified atom stereocenters. The van der Waals surface area contributed by atoms with Gasteiger partial charge in [-0.15, -0.1) is 0 Å². The Morgan fingerprint density at radius 1 is 1.37 bits per heavy atom. The Labute approximate surface area is 157 Å². The van der Waals surface area contributed by atoms with E-state index in [2.05, 4.69) is 10.5 Å².